The lowest BCUT2D eigenvalue weighted by Gasteiger charge is -2.09. The molecule has 1 amide bonds. The number of rotatable bonds is 6. The van der Waals surface area contributed by atoms with Gasteiger partial charge in [0.1, 0.15) is 17.3 Å². The van der Waals surface area contributed by atoms with Crippen molar-refractivity contribution in [3.8, 4) is 17.0 Å². The zero-order valence-corrected chi connectivity index (χ0v) is 12.9. The summed E-state index contributed by atoms with van der Waals surface area (Å²) >= 11 is 0. The van der Waals surface area contributed by atoms with Crippen LogP contribution in [-0.4, -0.2) is 28.8 Å². The van der Waals surface area contributed by atoms with Crippen molar-refractivity contribution < 1.29 is 13.9 Å². The fourth-order valence-electron chi connectivity index (χ4n) is 1.96. The highest BCUT2D eigenvalue weighted by molar-refractivity contribution is 5.93. The molecule has 0 spiro atoms. The van der Waals surface area contributed by atoms with Crippen molar-refractivity contribution in [2.75, 3.05) is 6.61 Å². The minimum atomic E-state index is -0.380. The molecule has 118 valence electrons. The molecule has 0 bridgehead atoms. The highest BCUT2D eigenvalue weighted by atomic mass is 19.1. The van der Waals surface area contributed by atoms with Gasteiger partial charge in [0.2, 0.25) is 0 Å². The maximum absolute atomic E-state index is 13.5. The van der Waals surface area contributed by atoms with Crippen molar-refractivity contribution in [2.45, 2.75) is 33.2 Å². The van der Waals surface area contributed by atoms with Gasteiger partial charge >= 0.3 is 0 Å². The number of carbonyl (C=O) groups is 1. The Morgan fingerprint density at radius 1 is 1.41 bits per heavy atom. The molecular weight excluding hydrogens is 285 g/mol. The summed E-state index contributed by atoms with van der Waals surface area (Å²) in [7, 11) is 0. The van der Waals surface area contributed by atoms with E-state index in [1.165, 1.54) is 12.1 Å². The Morgan fingerprint density at radius 3 is 2.86 bits per heavy atom. The SMILES string of the molecule is CCCOc1ccc(F)cc1-c1cc(C(=O)NC(C)C)[nH]n1. The predicted molar refractivity (Wildman–Crippen MR) is 82.4 cm³/mol. The third-order valence-corrected chi connectivity index (χ3v) is 2.92. The van der Waals surface area contributed by atoms with Gasteiger partial charge < -0.3 is 10.1 Å². The molecule has 2 N–H and O–H groups in total. The van der Waals surface area contributed by atoms with Crippen molar-refractivity contribution >= 4 is 5.91 Å². The lowest BCUT2D eigenvalue weighted by atomic mass is 10.1. The molecule has 0 atom stereocenters. The van der Waals surface area contributed by atoms with E-state index in [4.69, 9.17) is 4.74 Å². The number of halogens is 1. The van der Waals surface area contributed by atoms with Gasteiger partial charge in [-0.15, -0.1) is 0 Å². The Kier molecular flexibility index (Phi) is 5.14. The number of amides is 1. The maximum Gasteiger partial charge on any atom is 0.269 e. The molecule has 1 aromatic carbocycles. The molecule has 0 unspecified atom stereocenters. The Labute approximate surface area is 128 Å². The number of nitrogens with zero attached hydrogens (tertiary/aromatic N) is 1. The smallest absolute Gasteiger partial charge is 0.269 e. The van der Waals surface area contributed by atoms with Gasteiger partial charge in [0.15, 0.2) is 0 Å². The average molecular weight is 305 g/mol. The fourth-order valence-corrected chi connectivity index (χ4v) is 1.96. The summed E-state index contributed by atoms with van der Waals surface area (Å²) in [6.45, 7) is 6.27. The van der Waals surface area contributed by atoms with E-state index >= 15 is 0 Å². The molecule has 6 heteroatoms. The summed E-state index contributed by atoms with van der Waals surface area (Å²) in [5, 5.41) is 9.53. The van der Waals surface area contributed by atoms with Crippen molar-refractivity contribution in [3.63, 3.8) is 0 Å². The van der Waals surface area contributed by atoms with E-state index in [2.05, 4.69) is 15.5 Å². The molecule has 5 nitrogen and oxygen atoms in total. The lowest BCUT2D eigenvalue weighted by Crippen LogP contribution is -2.30. The number of aromatic nitrogens is 2. The zero-order chi connectivity index (χ0) is 16.1. The quantitative estimate of drug-likeness (QED) is 0.861. The summed E-state index contributed by atoms with van der Waals surface area (Å²) in [6, 6.07) is 5.88. The van der Waals surface area contributed by atoms with Crippen LogP contribution in [0.5, 0.6) is 5.75 Å². The number of H-pyrrole nitrogens is 1. The van der Waals surface area contributed by atoms with E-state index in [0.717, 1.165) is 6.42 Å². The number of benzene rings is 1. The van der Waals surface area contributed by atoms with Crippen molar-refractivity contribution in [3.05, 3.63) is 35.8 Å². The number of aromatic amines is 1. The summed E-state index contributed by atoms with van der Waals surface area (Å²) in [6.07, 6.45) is 0.847. The third kappa shape index (κ3) is 3.84. The molecular formula is C16H20FN3O2. The fraction of sp³-hybridized carbons (Fsp3) is 0.375. The third-order valence-electron chi connectivity index (χ3n) is 2.92. The summed E-state index contributed by atoms with van der Waals surface area (Å²) in [4.78, 5) is 11.9. The van der Waals surface area contributed by atoms with E-state index in [1.807, 2.05) is 20.8 Å². The molecule has 0 saturated carbocycles. The Morgan fingerprint density at radius 2 is 2.18 bits per heavy atom. The molecule has 2 aromatic rings. The van der Waals surface area contributed by atoms with E-state index < -0.39 is 0 Å². The van der Waals surface area contributed by atoms with E-state index in [-0.39, 0.29) is 17.8 Å². The number of hydrogen-bond donors (Lipinski definition) is 2. The van der Waals surface area contributed by atoms with Gasteiger partial charge in [0, 0.05) is 11.6 Å². The second-order valence-electron chi connectivity index (χ2n) is 5.28. The normalized spacial score (nSPS) is 10.8. The Hall–Kier alpha value is -2.37. The summed E-state index contributed by atoms with van der Waals surface area (Å²) in [5.74, 6) is -0.0817. The monoisotopic (exact) mass is 305 g/mol. The standard InChI is InChI=1S/C16H20FN3O2/c1-4-7-22-15-6-5-11(17)8-12(15)13-9-14(20-19-13)16(21)18-10(2)3/h5-6,8-10H,4,7H2,1-3H3,(H,18,21)(H,19,20). The van der Waals surface area contributed by atoms with Crippen LogP contribution in [0.25, 0.3) is 11.3 Å². The first-order valence-corrected chi connectivity index (χ1v) is 7.30. The number of carbonyl (C=O) groups excluding carboxylic acids is 1. The Balaban J connectivity index is 2.30. The second kappa shape index (κ2) is 7.06. The Bertz CT molecular complexity index is 653. The van der Waals surface area contributed by atoms with Crippen LogP contribution in [0.15, 0.2) is 24.3 Å². The van der Waals surface area contributed by atoms with Crippen LogP contribution in [-0.2, 0) is 0 Å². The van der Waals surface area contributed by atoms with E-state index in [1.54, 1.807) is 12.1 Å². The molecule has 2 rings (SSSR count). The molecule has 0 aliphatic carbocycles. The van der Waals surface area contributed by atoms with Crippen LogP contribution >= 0.6 is 0 Å². The first-order chi connectivity index (χ1) is 10.5. The molecule has 0 saturated heterocycles. The van der Waals surface area contributed by atoms with Gasteiger partial charge in [0.05, 0.1) is 12.3 Å². The van der Waals surface area contributed by atoms with Crippen LogP contribution in [0.2, 0.25) is 0 Å². The summed E-state index contributed by atoms with van der Waals surface area (Å²) in [5.41, 5.74) is 1.32. The largest absolute Gasteiger partial charge is 0.493 e. The van der Waals surface area contributed by atoms with Crippen LogP contribution in [0.1, 0.15) is 37.7 Å². The van der Waals surface area contributed by atoms with E-state index in [9.17, 15) is 9.18 Å². The first kappa shape index (κ1) is 16.0. The first-order valence-electron chi connectivity index (χ1n) is 7.30. The van der Waals surface area contributed by atoms with Crippen LogP contribution < -0.4 is 10.1 Å². The second-order valence-corrected chi connectivity index (χ2v) is 5.28. The lowest BCUT2D eigenvalue weighted by molar-refractivity contribution is 0.0938. The van der Waals surface area contributed by atoms with Crippen molar-refractivity contribution in [1.29, 1.82) is 0 Å². The topological polar surface area (TPSA) is 67.0 Å². The molecule has 22 heavy (non-hydrogen) atoms. The minimum absolute atomic E-state index is 0.0249. The zero-order valence-electron chi connectivity index (χ0n) is 12.9. The summed E-state index contributed by atoms with van der Waals surface area (Å²) < 4.78 is 19.1. The molecule has 1 heterocycles. The maximum atomic E-state index is 13.5. The van der Waals surface area contributed by atoms with E-state index in [0.29, 0.717) is 29.3 Å². The highest BCUT2D eigenvalue weighted by Gasteiger charge is 2.15. The van der Waals surface area contributed by atoms with Gasteiger partial charge in [0.25, 0.3) is 5.91 Å². The number of nitrogens with one attached hydrogen (secondary N) is 2. The van der Waals surface area contributed by atoms with Gasteiger partial charge in [-0.1, -0.05) is 6.92 Å². The van der Waals surface area contributed by atoms with Crippen LogP contribution in [0, 0.1) is 5.82 Å². The average Bonchev–Trinajstić information content (AvgIpc) is 2.95. The van der Waals surface area contributed by atoms with Crippen molar-refractivity contribution in [1.82, 2.24) is 15.5 Å². The van der Waals surface area contributed by atoms with Gasteiger partial charge in [-0.25, -0.2) is 4.39 Å². The molecule has 0 aliphatic heterocycles. The number of ether oxygens (including phenoxy) is 1. The molecule has 0 fully saturated rings. The minimum Gasteiger partial charge on any atom is -0.493 e. The predicted octanol–water partition coefficient (Wildman–Crippen LogP) is 3.14. The van der Waals surface area contributed by atoms with Gasteiger partial charge in [-0.2, -0.15) is 5.10 Å². The highest BCUT2D eigenvalue weighted by Crippen LogP contribution is 2.30. The van der Waals surface area contributed by atoms with Gasteiger partial charge in [-0.05, 0) is 44.5 Å². The van der Waals surface area contributed by atoms with Crippen LogP contribution in [0.3, 0.4) is 0 Å². The van der Waals surface area contributed by atoms with Gasteiger partial charge in [-0.3, -0.25) is 9.89 Å². The number of hydrogen-bond acceptors (Lipinski definition) is 3. The van der Waals surface area contributed by atoms with Crippen LogP contribution in [0.4, 0.5) is 4.39 Å². The molecule has 0 radical (unpaired) electrons. The van der Waals surface area contributed by atoms with Crippen molar-refractivity contribution in [2.24, 2.45) is 0 Å². The molecule has 0 aliphatic rings. The molecule has 1 aromatic heterocycles.